The first-order chi connectivity index (χ1) is 7.92. The first kappa shape index (κ1) is 10.0. The van der Waals surface area contributed by atoms with Gasteiger partial charge in [-0.2, -0.15) is 0 Å². The number of nitrogens with one attached hydrogen (secondary N) is 2. The largest absolute Gasteiger partial charge is 0.368 e. The predicted molar refractivity (Wildman–Crippen MR) is 63.5 cm³/mol. The van der Waals surface area contributed by atoms with E-state index in [0.29, 0.717) is 12.0 Å². The van der Waals surface area contributed by atoms with E-state index in [1.807, 2.05) is 0 Å². The molecule has 86 valence electrons. The molecule has 0 aromatic carbocycles. The van der Waals surface area contributed by atoms with Gasteiger partial charge in [0.25, 0.3) is 0 Å². The minimum Gasteiger partial charge on any atom is -0.368 e. The fraction of sp³-hybridized carbons (Fsp3) is 0.667. The van der Waals surface area contributed by atoms with Gasteiger partial charge in [-0.3, -0.25) is 0 Å². The highest BCUT2D eigenvalue weighted by Crippen LogP contribution is 2.39. The van der Waals surface area contributed by atoms with Crippen molar-refractivity contribution in [2.24, 2.45) is 0 Å². The SMILES string of the molecule is c1nc(NCC2CCCN2)cc(C2CC2)n1. The third kappa shape index (κ3) is 2.32. The third-order valence-electron chi connectivity index (χ3n) is 3.38. The van der Waals surface area contributed by atoms with Crippen LogP contribution in [0.2, 0.25) is 0 Å². The lowest BCUT2D eigenvalue weighted by Gasteiger charge is -2.12. The molecule has 2 fully saturated rings. The molecule has 1 unspecified atom stereocenters. The van der Waals surface area contributed by atoms with Crippen LogP contribution in [-0.4, -0.2) is 29.1 Å². The molecule has 1 saturated carbocycles. The summed E-state index contributed by atoms with van der Waals surface area (Å²) in [5.74, 6) is 1.68. The van der Waals surface area contributed by atoms with Crippen molar-refractivity contribution < 1.29 is 0 Å². The van der Waals surface area contributed by atoms with Crippen molar-refractivity contribution >= 4 is 5.82 Å². The fourth-order valence-electron chi connectivity index (χ4n) is 2.23. The molecule has 16 heavy (non-hydrogen) atoms. The van der Waals surface area contributed by atoms with Crippen LogP contribution in [0.5, 0.6) is 0 Å². The maximum Gasteiger partial charge on any atom is 0.129 e. The molecule has 1 saturated heterocycles. The summed E-state index contributed by atoms with van der Waals surface area (Å²) in [6.07, 6.45) is 6.83. The summed E-state index contributed by atoms with van der Waals surface area (Å²) >= 11 is 0. The van der Waals surface area contributed by atoms with E-state index < -0.39 is 0 Å². The zero-order chi connectivity index (χ0) is 10.8. The van der Waals surface area contributed by atoms with Crippen molar-refractivity contribution in [2.45, 2.75) is 37.6 Å². The molecule has 1 atom stereocenters. The highest BCUT2D eigenvalue weighted by Gasteiger charge is 2.25. The number of nitrogens with zero attached hydrogens (tertiary/aromatic N) is 2. The lowest BCUT2D eigenvalue weighted by molar-refractivity contribution is 0.632. The summed E-state index contributed by atoms with van der Waals surface area (Å²) in [5.41, 5.74) is 1.21. The maximum absolute atomic E-state index is 4.31. The Labute approximate surface area is 95.9 Å². The van der Waals surface area contributed by atoms with E-state index in [0.717, 1.165) is 18.9 Å². The average molecular weight is 218 g/mol. The summed E-state index contributed by atoms with van der Waals surface area (Å²) in [6.45, 7) is 2.13. The molecule has 1 aromatic heterocycles. The molecule has 1 aromatic rings. The van der Waals surface area contributed by atoms with Gasteiger partial charge < -0.3 is 10.6 Å². The van der Waals surface area contributed by atoms with Gasteiger partial charge in [0.15, 0.2) is 0 Å². The van der Waals surface area contributed by atoms with Gasteiger partial charge in [-0.1, -0.05) is 0 Å². The van der Waals surface area contributed by atoms with Gasteiger partial charge in [0.1, 0.15) is 12.1 Å². The second kappa shape index (κ2) is 4.37. The Bertz CT molecular complexity index is 356. The zero-order valence-corrected chi connectivity index (χ0v) is 9.45. The van der Waals surface area contributed by atoms with Crippen LogP contribution in [0.3, 0.4) is 0 Å². The van der Waals surface area contributed by atoms with Crippen LogP contribution in [-0.2, 0) is 0 Å². The van der Waals surface area contributed by atoms with E-state index in [9.17, 15) is 0 Å². The third-order valence-corrected chi connectivity index (χ3v) is 3.38. The first-order valence-corrected chi connectivity index (χ1v) is 6.21. The van der Waals surface area contributed by atoms with E-state index in [1.165, 1.54) is 31.4 Å². The van der Waals surface area contributed by atoms with Gasteiger partial charge >= 0.3 is 0 Å². The molecule has 2 heterocycles. The highest BCUT2D eigenvalue weighted by atomic mass is 15.1. The monoisotopic (exact) mass is 218 g/mol. The number of hydrogen-bond acceptors (Lipinski definition) is 4. The van der Waals surface area contributed by atoms with Crippen LogP contribution in [0.1, 0.15) is 37.3 Å². The van der Waals surface area contributed by atoms with Gasteiger partial charge in [-0.05, 0) is 32.2 Å². The summed E-state index contributed by atoms with van der Waals surface area (Å²) in [5, 5.41) is 6.87. The average Bonchev–Trinajstić information content (AvgIpc) is 3.05. The van der Waals surface area contributed by atoms with Gasteiger partial charge in [-0.25, -0.2) is 9.97 Å². The Kier molecular flexibility index (Phi) is 2.74. The molecule has 0 spiro atoms. The van der Waals surface area contributed by atoms with E-state index >= 15 is 0 Å². The van der Waals surface area contributed by atoms with E-state index in [1.54, 1.807) is 6.33 Å². The van der Waals surface area contributed by atoms with Gasteiger partial charge in [-0.15, -0.1) is 0 Å². The first-order valence-electron chi connectivity index (χ1n) is 6.21. The summed E-state index contributed by atoms with van der Waals surface area (Å²) in [6, 6.07) is 2.71. The molecule has 2 N–H and O–H groups in total. The Balaban J connectivity index is 1.58. The lowest BCUT2D eigenvalue weighted by Crippen LogP contribution is -2.29. The van der Waals surface area contributed by atoms with Crippen LogP contribution < -0.4 is 10.6 Å². The van der Waals surface area contributed by atoms with Gasteiger partial charge in [0.2, 0.25) is 0 Å². The number of aromatic nitrogens is 2. The second-order valence-electron chi connectivity index (χ2n) is 4.78. The smallest absolute Gasteiger partial charge is 0.129 e. The van der Waals surface area contributed by atoms with Crippen molar-refractivity contribution in [1.29, 1.82) is 0 Å². The molecule has 0 radical (unpaired) electrons. The number of rotatable bonds is 4. The maximum atomic E-state index is 4.31. The second-order valence-corrected chi connectivity index (χ2v) is 4.78. The molecule has 0 amide bonds. The molecule has 1 aliphatic carbocycles. The summed E-state index contributed by atoms with van der Waals surface area (Å²) < 4.78 is 0. The van der Waals surface area contributed by atoms with Crippen LogP contribution in [0.25, 0.3) is 0 Å². The molecular formula is C12H18N4. The van der Waals surface area contributed by atoms with Crippen molar-refractivity contribution in [1.82, 2.24) is 15.3 Å². The van der Waals surface area contributed by atoms with Crippen molar-refractivity contribution in [3.05, 3.63) is 18.1 Å². The lowest BCUT2D eigenvalue weighted by atomic mass is 10.2. The van der Waals surface area contributed by atoms with Gasteiger partial charge in [0, 0.05) is 30.3 Å². The van der Waals surface area contributed by atoms with E-state index in [2.05, 4.69) is 26.7 Å². The minimum atomic E-state index is 0.611. The zero-order valence-electron chi connectivity index (χ0n) is 9.45. The molecule has 4 heteroatoms. The predicted octanol–water partition coefficient (Wildman–Crippen LogP) is 1.52. The fourth-order valence-corrected chi connectivity index (χ4v) is 2.23. The van der Waals surface area contributed by atoms with Crippen LogP contribution in [0, 0.1) is 0 Å². The Morgan fingerprint density at radius 2 is 2.25 bits per heavy atom. The topological polar surface area (TPSA) is 49.8 Å². The van der Waals surface area contributed by atoms with Crippen LogP contribution >= 0.6 is 0 Å². The van der Waals surface area contributed by atoms with E-state index in [-0.39, 0.29) is 0 Å². The van der Waals surface area contributed by atoms with Crippen LogP contribution in [0.4, 0.5) is 5.82 Å². The molecule has 4 nitrogen and oxygen atoms in total. The molecule has 3 rings (SSSR count). The highest BCUT2D eigenvalue weighted by molar-refractivity contribution is 5.37. The Hall–Kier alpha value is -1.16. The van der Waals surface area contributed by atoms with Crippen molar-refractivity contribution in [2.75, 3.05) is 18.4 Å². The normalized spacial score (nSPS) is 24.6. The van der Waals surface area contributed by atoms with Crippen molar-refractivity contribution in [3.63, 3.8) is 0 Å². The number of anilines is 1. The molecule has 0 bridgehead atoms. The Morgan fingerprint density at radius 3 is 3.00 bits per heavy atom. The summed E-state index contributed by atoms with van der Waals surface area (Å²) in [4.78, 5) is 8.57. The minimum absolute atomic E-state index is 0.611. The van der Waals surface area contributed by atoms with E-state index in [4.69, 9.17) is 0 Å². The van der Waals surface area contributed by atoms with Gasteiger partial charge in [0.05, 0.1) is 0 Å². The molecular weight excluding hydrogens is 200 g/mol. The number of hydrogen-bond donors (Lipinski definition) is 2. The standard InChI is InChI=1S/C12H18N4/c1-2-10(13-5-1)7-14-12-6-11(9-3-4-9)15-8-16-12/h6,8-10,13H,1-5,7H2,(H,14,15,16). The van der Waals surface area contributed by atoms with Crippen molar-refractivity contribution in [3.8, 4) is 0 Å². The summed E-state index contributed by atoms with van der Waals surface area (Å²) in [7, 11) is 0. The van der Waals surface area contributed by atoms with Crippen LogP contribution in [0.15, 0.2) is 12.4 Å². The molecule has 1 aliphatic heterocycles. The Morgan fingerprint density at radius 1 is 1.31 bits per heavy atom. The quantitative estimate of drug-likeness (QED) is 0.804. The molecule has 2 aliphatic rings.